The Morgan fingerprint density at radius 3 is 2.58 bits per heavy atom. The Bertz CT molecular complexity index is 768. The number of rotatable bonds is 5. The summed E-state index contributed by atoms with van der Waals surface area (Å²) in [5, 5.41) is 22.3. The van der Waals surface area contributed by atoms with Crippen molar-refractivity contribution in [3.05, 3.63) is 59.2 Å². The summed E-state index contributed by atoms with van der Waals surface area (Å²) >= 11 is 0. The first-order valence-electron chi connectivity index (χ1n) is 9.19. The van der Waals surface area contributed by atoms with Gasteiger partial charge in [0.05, 0.1) is 0 Å². The lowest BCUT2D eigenvalue weighted by Gasteiger charge is -2.32. The van der Waals surface area contributed by atoms with E-state index in [1.807, 2.05) is 4.90 Å². The van der Waals surface area contributed by atoms with Crippen molar-refractivity contribution in [1.82, 2.24) is 10.2 Å². The molecule has 1 aliphatic heterocycles. The molecule has 138 valence electrons. The van der Waals surface area contributed by atoms with Crippen LogP contribution in [0.25, 0.3) is 0 Å². The van der Waals surface area contributed by atoms with Crippen LogP contribution in [0.3, 0.4) is 0 Å². The van der Waals surface area contributed by atoms with Crippen molar-refractivity contribution in [1.29, 1.82) is 0 Å². The van der Waals surface area contributed by atoms with E-state index in [9.17, 15) is 15.0 Å². The highest BCUT2D eigenvalue weighted by molar-refractivity contribution is 5.95. The van der Waals surface area contributed by atoms with Gasteiger partial charge in [0.25, 0.3) is 5.91 Å². The van der Waals surface area contributed by atoms with E-state index in [1.54, 1.807) is 6.07 Å². The minimum atomic E-state index is -0.261. The Kier molecular flexibility index (Phi) is 5.78. The van der Waals surface area contributed by atoms with Crippen LogP contribution in [-0.4, -0.2) is 40.7 Å². The maximum Gasteiger partial charge on any atom is 0.253 e. The maximum atomic E-state index is 12.6. The third-order valence-electron chi connectivity index (χ3n) is 5.01. The van der Waals surface area contributed by atoms with Gasteiger partial charge in [-0.25, -0.2) is 0 Å². The summed E-state index contributed by atoms with van der Waals surface area (Å²) in [6, 6.07) is 12.9. The van der Waals surface area contributed by atoms with Gasteiger partial charge in [-0.3, -0.25) is 4.79 Å². The smallest absolute Gasteiger partial charge is 0.253 e. The van der Waals surface area contributed by atoms with E-state index < -0.39 is 0 Å². The molecule has 1 aliphatic rings. The summed E-state index contributed by atoms with van der Waals surface area (Å²) in [7, 11) is 0. The molecule has 0 aliphatic carbocycles. The predicted molar refractivity (Wildman–Crippen MR) is 101 cm³/mol. The molecule has 0 spiro atoms. The lowest BCUT2D eigenvalue weighted by atomic mass is 9.88. The summed E-state index contributed by atoms with van der Waals surface area (Å²) in [5.74, 6) is -0.102. The van der Waals surface area contributed by atoms with Gasteiger partial charge in [-0.1, -0.05) is 31.2 Å². The van der Waals surface area contributed by atoms with Crippen LogP contribution in [0.5, 0.6) is 11.5 Å². The Hall–Kier alpha value is -2.53. The molecule has 5 nitrogen and oxygen atoms in total. The highest BCUT2D eigenvalue weighted by Crippen LogP contribution is 2.30. The molecule has 0 radical (unpaired) electrons. The monoisotopic (exact) mass is 354 g/mol. The topological polar surface area (TPSA) is 72.8 Å². The molecule has 2 aromatic carbocycles. The fraction of sp³-hybridized carbons (Fsp3) is 0.381. The molecule has 0 saturated carbocycles. The van der Waals surface area contributed by atoms with Crippen LogP contribution < -0.4 is 5.32 Å². The van der Waals surface area contributed by atoms with E-state index in [0.29, 0.717) is 24.6 Å². The second-order valence-corrected chi connectivity index (χ2v) is 6.80. The number of phenols is 2. The molecule has 1 amide bonds. The number of aromatic hydroxyl groups is 2. The van der Waals surface area contributed by atoms with Gasteiger partial charge in [-0.2, -0.15) is 0 Å². The molecule has 5 heteroatoms. The lowest BCUT2D eigenvalue weighted by Crippen LogP contribution is -2.37. The average Bonchev–Trinajstić information content (AvgIpc) is 2.68. The molecule has 2 aromatic rings. The molecule has 1 fully saturated rings. The Labute approximate surface area is 154 Å². The molecular weight excluding hydrogens is 328 g/mol. The number of nitrogens with one attached hydrogen (secondary N) is 1. The first-order valence-corrected chi connectivity index (χ1v) is 9.19. The van der Waals surface area contributed by atoms with E-state index in [4.69, 9.17) is 0 Å². The van der Waals surface area contributed by atoms with Crippen molar-refractivity contribution >= 4 is 5.91 Å². The van der Waals surface area contributed by atoms with Crippen LogP contribution in [0, 0.1) is 0 Å². The van der Waals surface area contributed by atoms with E-state index >= 15 is 0 Å². The van der Waals surface area contributed by atoms with Gasteiger partial charge in [0.2, 0.25) is 0 Å². The molecule has 1 heterocycles. The summed E-state index contributed by atoms with van der Waals surface area (Å²) in [4.78, 5) is 14.4. The first kappa shape index (κ1) is 18.3. The molecule has 3 rings (SSSR count). The normalized spacial score (nSPS) is 15.2. The number of amides is 1. The molecular formula is C21H26N2O3. The Morgan fingerprint density at radius 2 is 1.88 bits per heavy atom. The Morgan fingerprint density at radius 1 is 1.12 bits per heavy atom. The summed E-state index contributed by atoms with van der Waals surface area (Å²) in [6.07, 6.45) is 1.86. The maximum absolute atomic E-state index is 12.6. The number of carbonyl (C=O) groups excluding carboxylic acids is 1. The molecule has 0 aromatic heterocycles. The summed E-state index contributed by atoms with van der Waals surface area (Å²) in [6.45, 7) is 5.33. The number of benzene rings is 2. The van der Waals surface area contributed by atoms with Crippen molar-refractivity contribution < 1.29 is 15.0 Å². The fourth-order valence-corrected chi connectivity index (χ4v) is 3.48. The molecule has 1 saturated heterocycles. The van der Waals surface area contributed by atoms with E-state index in [2.05, 4.69) is 36.5 Å². The van der Waals surface area contributed by atoms with Crippen LogP contribution in [0.15, 0.2) is 42.5 Å². The Balaban J connectivity index is 1.62. The number of hydrogen-bond acceptors (Lipinski definition) is 4. The number of hydrogen-bond donors (Lipinski definition) is 3. The molecule has 3 N–H and O–H groups in total. The van der Waals surface area contributed by atoms with Crippen molar-refractivity contribution in [2.24, 2.45) is 0 Å². The van der Waals surface area contributed by atoms with Gasteiger partial charge < -0.3 is 20.4 Å². The van der Waals surface area contributed by atoms with Crippen LogP contribution in [0.2, 0.25) is 0 Å². The summed E-state index contributed by atoms with van der Waals surface area (Å²) < 4.78 is 0. The van der Waals surface area contributed by atoms with Crippen LogP contribution in [-0.2, 0) is 6.54 Å². The molecule has 0 unspecified atom stereocenters. The molecule has 26 heavy (non-hydrogen) atoms. The zero-order chi connectivity index (χ0) is 18.5. The number of phenolic OH excluding ortho intramolecular Hbond substituents is 2. The largest absolute Gasteiger partial charge is 0.504 e. The van der Waals surface area contributed by atoms with Crippen molar-refractivity contribution in [3.8, 4) is 11.5 Å². The van der Waals surface area contributed by atoms with Gasteiger partial charge in [0.15, 0.2) is 11.5 Å². The van der Waals surface area contributed by atoms with E-state index in [-0.39, 0.29) is 17.4 Å². The van der Waals surface area contributed by atoms with Crippen molar-refractivity contribution in [2.45, 2.75) is 32.2 Å². The first-order chi connectivity index (χ1) is 12.6. The number of likely N-dealkylation sites (tertiary alicyclic amines) is 1. The highest BCUT2D eigenvalue weighted by atomic mass is 16.3. The predicted octanol–water partition coefficient (Wildman–Crippen LogP) is 3.23. The fourth-order valence-electron chi connectivity index (χ4n) is 3.48. The van der Waals surface area contributed by atoms with Gasteiger partial charge in [-0.15, -0.1) is 0 Å². The van der Waals surface area contributed by atoms with Crippen LogP contribution in [0.4, 0.5) is 0 Å². The second kappa shape index (κ2) is 8.23. The van der Waals surface area contributed by atoms with Crippen LogP contribution in [0.1, 0.15) is 47.2 Å². The van der Waals surface area contributed by atoms with Gasteiger partial charge >= 0.3 is 0 Å². The third kappa shape index (κ3) is 4.17. The number of carbonyl (C=O) groups is 1. The standard InChI is InChI=1S/C21H26N2O3/c1-2-22-14-15-4-3-5-17(12-15)16-8-10-23(11-9-16)21(26)18-6-7-19(24)20(25)13-18/h3-7,12-13,16,22,24-25H,2,8-11,14H2,1H3. The average molecular weight is 354 g/mol. The van der Waals surface area contributed by atoms with Gasteiger partial charge in [0.1, 0.15) is 0 Å². The minimum Gasteiger partial charge on any atom is -0.504 e. The zero-order valence-corrected chi connectivity index (χ0v) is 15.1. The number of nitrogens with zero attached hydrogens (tertiary/aromatic N) is 1. The van der Waals surface area contributed by atoms with Crippen molar-refractivity contribution in [3.63, 3.8) is 0 Å². The van der Waals surface area contributed by atoms with E-state index in [1.165, 1.54) is 23.3 Å². The van der Waals surface area contributed by atoms with Gasteiger partial charge in [-0.05, 0) is 54.6 Å². The lowest BCUT2D eigenvalue weighted by molar-refractivity contribution is 0.0712. The molecule has 0 bridgehead atoms. The number of piperidine rings is 1. The molecule has 0 atom stereocenters. The zero-order valence-electron chi connectivity index (χ0n) is 15.1. The SMILES string of the molecule is CCNCc1cccc(C2CCN(C(=O)c3ccc(O)c(O)c3)CC2)c1. The third-order valence-corrected chi connectivity index (χ3v) is 5.01. The van der Waals surface area contributed by atoms with Gasteiger partial charge in [0, 0.05) is 25.2 Å². The van der Waals surface area contributed by atoms with Crippen LogP contribution >= 0.6 is 0 Å². The van der Waals surface area contributed by atoms with E-state index in [0.717, 1.165) is 25.9 Å². The highest BCUT2D eigenvalue weighted by Gasteiger charge is 2.25. The summed E-state index contributed by atoms with van der Waals surface area (Å²) in [5.41, 5.74) is 3.04. The van der Waals surface area contributed by atoms with Crippen molar-refractivity contribution in [2.75, 3.05) is 19.6 Å². The quantitative estimate of drug-likeness (QED) is 0.721. The second-order valence-electron chi connectivity index (χ2n) is 6.80. The minimum absolute atomic E-state index is 0.0975.